The number of benzene rings is 1. The van der Waals surface area contributed by atoms with E-state index >= 15 is 0 Å². The fourth-order valence-electron chi connectivity index (χ4n) is 2.05. The zero-order chi connectivity index (χ0) is 13.9. The van der Waals surface area contributed by atoms with E-state index in [1.54, 1.807) is 6.20 Å². The lowest BCUT2D eigenvalue weighted by Crippen LogP contribution is -2.24. The minimum absolute atomic E-state index is 0.0328. The third-order valence-electron chi connectivity index (χ3n) is 3.37. The van der Waals surface area contributed by atoms with Crippen molar-refractivity contribution in [3.63, 3.8) is 0 Å². The van der Waals surface area contributed by atoms with E-state index in [-0.39, 0.29) is 12.0 Å². The predicted molar refractivity (Wildman–Crippen MR) is 80.1 cm³/mol. The Morgan fingerprint density at radius 2 is 2.11 bits per heavy atom. The molecule has 1 aromatic heterocycles. The second kappa shape index (κ2) is 5.45. The van der Waals surface area contributed by atoms with Crippen LogP contribution in [0.2, 0.25) is 0 Å². The van der Waals surface area contributed by atoms with Crippen molar-refractivity contribution >= 4 is 22.3 Å². The highest BCUT2D eigenvalue weighted by Crippen LogP contribution is 2.29. The number of nitrogens with one attached hydrogen (secondary N) is 1. The fourth-order valence-corrected chi connectivity index (χ4v) is 2.05. The Labute approximate surface area is 113 Å². The normalized spacial score (nSPS) is 11.7. The summed E-state index contributed by atoms with van der Waals surface area (Å²) in [4.78, 5) is 4.28. The molecule has 0 aliphatic heterocycles. The van der Waals surface area contributed by atoms with Crippen molar-refractivity contribution in [3.05, 3.63) is 30.5 Å². The Bertz CT molecular complexity index is 566. The summed E-state index contributed by atoms with van der Waals surface area (Å²) in [5, 5.41) is 13.4. The van der Waals surface area contributed by atoms with Gasteiger partial charge in [0.05, 0.1) is 16.9 Å². The zero-order valence-electron chi connectivity index (χ0n) is 11.5. The Kier molecular flexibility index (Phi) is 3.90. The van der Waals surface area contributed by atoms with Crippen molar-refractivity contribution < 1.29 is 5.11 Å². The van der Waals surface area contributed by atoms with E-state index in [1.165, 1.54) is 0 Å². The topological polar surface area (TPSA) is 71.2 Å². The number of anilines is 2. The number of aliphatic hydroxyl groups excluding tert-OH is 1. The van der Waals surface area contributed by atoms with Gasteiger partial charge in [0.2, 0.25) is 0 Å². The maximum absolute atomic E-state index is 9.03. The van der Waals surface area contributed by atoms with Crippen LogP contribution in [0.25, 0.3) is 10.9 Å². The van der Waals surface area contributed by atoms with Gasteiger partial charge in [-0.2, -0.15) is 0 Å². The quantitative estimate of drug-likeness (QED) is 0.722. The lowest BCUT2D eigenvalue weighted by molar-refractivity contribution is 0.220. The van der Waals surface area contributed by atoms with Crippen LogP contribution in [0.5, 0.6) is 0 Å². The second-order valence-electron chi connectivity index (χ2n) is 5.59. The lowest BCUT2D eigenvalue weighted by atomic mass is 9.89. The van der Waals surface area contributed by atoms with E-state index in [4.69, 9.17) is 10.8 Å². The smallest absolute Gasteiger partial charge is 0.0724 e. The number of pyridine rings is 1. The molecule has 102 valence electrons. The summed E-state index contributed by atoms with van der Waals surface area (Å²) in [7, 11) is 0. The summed E-state index contributed by atoms with van der Waals surface area (Å²) < 4.78 is 0. The van der Waals surface area contributed by atoms with Crippen molar-refractivity contribution in [1.82, 2.24) is 4.98 Å². The van der Waals surface area contributed by atoms with Gasteiger partial charge in [0.15, 0.2) is 0 Å². The first-order chi connectivity index (χ1) is 9.03. The molecule has 4 nitrogen and oxygen atoms in total. The van der Waals surface area contributed by atoms with Crippen LogP contribution in [-0.2, 0) is 0 Å². The summed E-state index contributed by atoms with van der Waals surface area (Å²) in [5.41, 5.74) is 8.76. The van der Waals surface area contributed by atoms with Gasteiger partial charge in [-0.05, 0) is 36.1 Å². The van der Waals surface area contributed by atoms with E-state index in [9.17, 15) is 0 Å². The highest BCUT2D eigenvalue weighted by atomic mass is 16.3. The molecule has 0 aliphatic carbocycles. The number of hydrogen-bond acceptors (Lipinski definition) is 4. The maximum Gasteiger partial charge on any atom is 0.0724 e. The van der Waals surface area contributed by atoms with E-state index in [0.29, 0.717) is 0 Å². The highest BCUT2D eigenvalue weighted by Gasteiger charge is 2.17. The minimum Gasteiger partial charge on any atom is -0.397 e. The first-order valence-electron chi connectivity index (χ1n) is 6.51. The first kappa shape index (κ1) is 13.6. The molecule has 0 fully saturated rings. The number of nitrogens with two attached hydrogens (primary N) is 1. The van der Waals surface area contributed by atoms with Crippen molar-refractivity contribution in [3.8, 4) is 0 Å². The molecular formula is C15H21N3O. The summed E-state index contributed by atoms with van der Waals surface area (Å²) in [6.07, 6.45) is 2.52. The van der Waals surface area contributed by atoms with Gasteiger partial charge in [-0.3, -0.25) is 4.98 Å². The van der Waals surface area contributed by atoms with Crippen molar-refractivity contribution in [1.29, 1.82) is 0 Å². The van der Waals surface area contributed by atoms with E-state index in [2.05, 4.69) is 24.1 Å². The van der Waals surface area contributed by atoms with Crippen molar-refractivity contribution in [2.24, 2.45) is 5.41 Å². The molecule has 1 heterocycles. The number of hydrogen-bond donors (Lipinski definition) is 3. The molecule has 4 N–H and O–H groups in total. The van der Waals surface area contributed by atoms with Crippen LogP contribution in [0, 0.1) is 5.41 Å². The SMILES string of the molecule is CC(C)(CCO)CNc1ccc2ncccc2c1N. The van der Waals surface area contributed by atoms with Crippen LogP contribution >= 0.6 is 0 Å². The molecular weight excluding hydrogens is 238 g/mol. The van der Waals surface area contributed by atoms with Gasteiger partial charge in [0.1, 0.15) is 0 Å². The number of aliphatic hydroxyl groups is 1. The van der Waals surface area contributed by atoms with Gasteiger partial charge >= 0.3 is 0 Å². The first-order valence-corrected chi connectivity index (χ1v) is 6.51. The van der Waals surface area contributed by atoms with Crippen LogP contribution in [0.1, 0.15) is 20.3 Å². The number of nitrogen functional groups attached to an aromatic ring is 1. The summed E-state index contributed by atoms with van der Waals surface area (Å²) in [6.45, 7) is 5.21. The van der Waals surface area contributed by atoms with Gasteiger partial charge < -0.3 is 16.2 Å². The molecule has 0 spiro atoms. The molecule has 0 atom stereocenters. The molecule has 0 amide bonds. The van der Waals surface area contributed by atoms with E-state index in [0.717, 1.165) is 35.2 Å². The van der Waals surface area contributed by atoms with Crippen molar-refractivity contribution in [2.45, 2.75) is 20.3 Å². The second-order valence-corrected chi connectivity index (χ2v) is 5.59. The third kappa shape index (κ3) is 3.15. The fraction of sp³-hybridized carbons (Fsp3) is 0.400. The molecule has 4 heteroatoms. The van der Waals surface area contributed by atoms with Crippen LogP contribution in [0.4, 0.5) is 11.4 Å². The number of rotatable bonds is 5. The van der Waals surface area contributed by atoms with Crippen LogP contribution < -0.4 is 11.1 Å². The highest BCUT2D eigenvalue weighted by molar-refractivity contribution is 5.96. The Morgan fingerprint density at radius 1 is 1.32 bits per heavy atom. The molecule has 0 unspecified atom stereocenters. The van der Waals surface area contributed by atoms with Crippen LogP contribution in [-0.4, -0.2) is 23.2 Å². The molecule has 1 aromatic carbocycles. The lowest BCUT2D eigenvalue weighted by Gasteiger charge is -2.25. The maximum atomic E-state index is 9.03. The molecule has 2 aromatic rings. The minimum atomic E-state index is 0.0328. The Hall–Kier alpha value is -1.81. The standard InChI is InChI=1S/C15H21N3O/c1-15(2,7-9-19)10-18-13-6-5-12-11(14(13)16)4-3-8-17-12/h3-6,8,18-19H,7,9-10,16H2,1-2H3. The number of nitrogens with zero attached hydrogens (tertiary/aromatic N) is 1. The zero-order valence-corrected chi connectivity index (χ0v) is 11.5. The van der Waals surface area contributed by atoms with Gasteiger partial charge in [0.25, 0.3) is 0 Å². The summed E-state index contributed by atoms with van der Waals surface area (Å²) in [5.74, 6) is 0. The number of aromatic nitrogens is 1. The molecule has 0 bridgehead atoms. The molecule has 2 rings (SSSR count). The van der Waals surface area contributed by atoms with E-state index < -0.39 is 0 Å². The van der Waals surface area contributed by atoms with Gasteiger partial charge in [-0.15, -0.1) is 0 Å². The van der Waals surface area contributed by atoms with Crippen molar-refractivity contribution in [2.75, 3.05) is 24.2 Å². The van der Waals surface area contributed by atoms with Gasteiger partial charge in [-0.1, -0.05) is 13.8 Å². The molecule has 19 heavy (non-hydrogen) atoms. The molecule has 0 saturated heterocycles. The van der Waals surface area contributed by atoms with E-state index in [1.807, 2.05) is 24.3 Å². The predicted octanol–water partition coefficient (Wildman–Crippen LogP) is 2.64. The Balaban J connectivity index is 2.20. The third-order valence-corrected chi connectivity index (χ3v) is 3.37. The van der Waals surface area contributed by atoms with Gasteiger partial charge in [-0.25, -0.2) is 0 Å². The monoisotopic (exact) mass is 259 g/mol. The van der Waals surface area contributed by atoms with Crippen LogP contribution in [0.15, 0.2) is 30.5 Å². The molecule has 0 aliphatic rings. The summed E-state index contributed by atoms with van der Waals surface area (Å²) >= 11 is 0. The average Bonchev–Trinajstić information content (AvgIpc) is 2.38. The van der Waals surface area contributed by atoms with Gasteiger partial charge in [0, 0.05) is 24.7 Å². The number of fused-ring (bicyclic) bond motifs is 1. The molecule has 0 radical (unpaired) electrons. The largest absolute Gasteiger partial charge is 0.397 e. The Morgan fingerprint density at radius 3 is 2.84 bits per heavy atom. The molecule has 0 saturated carbocycles. The average molecular weight is 259 g/mol. The van der Waals surface area contributed by atoms with Crippen LogP contribution in [0.3, 0.4) is 0 Å². The summed E-state index contributed by atoms with van der Waals surface area (Å²) in [6, 6.07) is 7.78.